The zero-order valence-corrected chi connectivity index (χ0v) is 17.9. The topological polar surface area (TPSA) is 76.1 Å². The molecule has 0 amide bonds. The highest BCUT2D eigenvalue weighted by molar-refractivity contribution is 5.95. The summed E-state index contributed by atoms with van der Waals surface area (Å²) in [6.45, 7) is 6.87. The lowest BCUT2D eigenvalue weighted by Gasteiger charge is -2.17. The van der Waals surface area contributed by atoms with E-state index < -0.39 is 5.97 Å². The van der Waals surface area contributed by atoms with E-state index in [0.717, 1.165) is 24.8 Å². The van der Waals surface area contributed by atoms with Gasteiger partial charge in [-0.3, -0.25) is 0 Å². The molecular formula is C24H34N2O2. The number of methoxy groups -OCH3 is 1. The average Bonchev–Trinajstić information content (AvgIpc) is 2.65. The third kappa shape index (κ3) is 7.28. The highest BCUT2D eigenvalue weighted by Crippen LogP contribution is 2.27. The van der Waals surface area contributed by atoms with Gasteiger partial charge in [0, 0.05) is 0 Å². The number of aryl methyl sites for hydroxylation is 1. The number of nitrogens with two attached hydrogens (primary N) is 1. The third-order valence-electron chi connectivity index (χ3n) is 4.99. The Morgan fingerprint density at radius 3 is 2.18 bits per heavy atom. The first kappa shape index (κ1) is 23.6. The summed E-state index contributed by atoms with van der Waals surface area (Å²) in [4.78, 5) is 12.0. The predicted octanol–water partition coefficient (Wildman–Crippen LogP) is 5.62. The molecule has 0 heterocycles. The number of esters is 1. The van der Waals surface area contributed by atoms with E-state index in [9.17, 15) is 10.1 Å². The molecular weight excluding hydrogens is 348 g/mol. The van der Waals surface area contributed by atoms with Gasteiger partial charge >= 0.3 is 5.97 Å². The molecule has 0 saturated heterocycles. The lowest BCUT2D eigenvalue weighted by Crippen LogP contribution is -2.10. The van der Waals surface area contributed by atoms with Crippen LogP contribution in [0.2, 0.25) is 0 Å². The zero-order valence-electron chi connectivity index (χ0n) is 17.9. The molecule has 2 N–H and O–H groups in total. The zero-order chi connectivity index (χ0) is 21.2. The van der Waals surface area contributed by atoms with E-state index in [1.54, 1.807) is 6.07 Å². The fourth-order valence-corrected chi connectivity index (χ4v) is 3.35. The SMILES string of the molecule is C#Cc1c(C(=O)OC)cc(CCCCCCCCCC(C)(C)C)c(N)c1C#N. The normalized spacial score (nSPS) is 10.9. The molecule has 152 valence electrons. The van der Waals surface area contributed by atoms with Crippen LogP contribution in [0.4, 0.5) is 5.69 Å². The Hall–Kier alpha value is -2.46. The number of hydrogen-bond donors (Lipinski definition) is 1. The van der Waals surface area contributed by atoms with Gasteiger partial charge in [-0.1, -0.05) is 65.2 Å². The summed E-state index contributed by atoms with van der Waals surface area (Å²) < 4.78 is 4.80. The van der Waals surface area contributed by atoms with Gasteiger partial charge in [-0.05, 0) is 36.3 Å². The molecule has 28 heavy (non-hydrogen) atoms. The molecule has 0 fully saturated rings. The van der Waals surface area contributed by atoms with Crippen molar-refractivity contribution in [2.45, 2.75) is 78.6 Å². The molecule has 0 saturated carbocycles. The van der Waals surface area contributed by atoms with Crippen molar-refractivity contribution >= 4 is 11.7 Å². The molecule has 1 rings (SSSR count). The Labute approximate surface area is 170 Å². The van der Waals surface area contributed by atoms with Gasteiger partial charge in [0.05, 0.1) is 29.5 Å². The summed E-state index contributed by atoms with van der Waals surface area (Å²) in [5, 5.41) is 9.42. The van der Waals surface area contributed by atoms with E-state index in [4.69, 9.17) is 16.9 Å². The van der Waals surface area contributed by atoms with Crippen LogP contribution in [0.1, 0.15) is 99.2 Å². The van der Waals surface area contributed by atoms with Crippen molar-refractivity contribution in [3.63, 3.8) is 0 Å². The fourth-order valence-electron chi connectivity index (χ4n) is 3.35. The van der Waals surface area contributed by atoms with Gasteiger partial charge in [0.2, 0.25) is 0 Å². The number of unbranched alkanes of at least 4 members (excludes halogenated alkanes) is 6. The van der Waals surface area contributed by atoms with Gasteiger partial charge in [-0.15, -0.1) is 6.42 Å². The highest BCUT2D eigenvalue weighted by Gasteiger charge is 2.20. The van der Waals surface area contributed by atoms with Crippen molar-refractivity contribution in [1.82, 2.24) is 0 Å². The number of nitrogen functional groups attached to an aromatic ring is 1. The van der Waals surface area contributed by atoms with Crippen LogP contribution in [0.5, 0.6) is 0 Å². The van der Waals surface area contributed by atoms with Crippen LogP contribution in [-0.2, 0) is 11.2 Å². The number of terminal acetylenes is 1. The van der Waals surface area contributed by atoms with Crippen LogP contribution >= 0.6 is 0 Å². The Morgan fingerprint density at radius 1 is 1.11 bits per heavy atom. The van der Waals surface area contributed by atoms with Crippen molar-refractivity contribution in [2.24, 2.45) is 5.41 Å². The summed E-state index contributed by atoms with van der Waals surface area (Å²) in [6, 6.07) is 3.72. The molecule has 0 aliphatic heterocycles. The Morgan fingerprint density at radius 2 is 1.68 bits per heavy atom. The van der Waals surface area contributed by atoms with Crippen LogP contribution < -0.4 is 5.73 Å². The maximum Gasteiger partial charge on any atom is 0.339 e. The molecule has 1 aromatic carbocycles. The number of nitriles is 1. The average molecular weight is 383 g/mol. The second kappa shape index (κ2) is 11.4. The lowest BCUT2D eigenvalue weighted by molar-refractivity contribution is 0.0600. The maximum atomic E-state index is 12.0. The second-order valence-electron chi connectivity index (χ2n) is 8.53. The van der Waals surface area contributed by atoms with Crippen LogP contribution in [0.25, 0.3) is 0 Å². The van der Waals surface area contributed by atoms with Gasteiger partial charge < -0.3 is 10.5 Å². The van der Waals surface area contributed by atoms with E-state index in [1.807, 2.05) is 6.07 Å². The van der Waals surface area contributed by atoms with E-state index in [2.05, 4.69) is 26.7 Å². The van der Waals surface area contributed by atoms with E-state index in [0.29, 0.717) is 11.1 Å². The first-order chi connectivity index (χ1) is 13.2. The fraction of sp³-hybridized carbons (Fsp3) is 0.583. The molecule has 0 aromatic heterocycles. The van der Waals surface area contributed by atoms with Crippen molar-refractivity contribution in [2.75, 3.05) is 12.8 Å². The van der Waals surface area contributed by atoms with Crippen LogP contribution in [0, 0.1) is 29.1 Å². The van der Waals surface area contributed by atoms with Crippen molar-refractivity contribution < 1.29 is 9.53 Å². The van der Waals surface area contributed by atoms with Gasteiger partial charge in [-0.25, -0.2) is 4.79 Å². The molecule has 0 spiro atoms. The number of benzene rings is 1. The molecule has 1 aromatic rings. The van der Waals surface area contributed by atoms with Crippen molar-refractivity contribution in [3.05, 3.63) is 28.3 Å². The van der Waals surface area contributed by atoms with Gasteiger partial charge in [-0.2, -0.15) is 5.26 Å². The lowest BCUT2D eigenvalue weighted by atomic mass is 9.89. The minimum atomic E-state index is -0.541. The summed E-state index contributed by atoms with van der Waals surface area (Å²) in [5.41, 5.74) is 8.39. The van der Waals surface area contributed by atoms with E-state index in [-0.39, 0.29) is 16.7 Å². The molecule has 0 bridgehead atoms. The predicted molar refractivity (Wildman–Crippen MR) is 115 cm³/mol. The van der Waals surface area contributed by atoms with Crippen molar-refractivity contribution in [1.29, 1.82) is 5.26 Å². The number of carbonyl (C=O) groups excluding carboxylic acids is 1. The van der Waals surface area contributed by atoms with Gasteiger partial charge in [0.1, 0.15) is 6.07 Å². The number of rotatable bonds is 10. The van der Waals surface area contributed by atoms with E-state index in [1.165, 1.54) is 45.6 Å². The Bertz CT molecular complexity index is 746. The van der Waals surface area contributed by atoms with Crippen molar-refractivity contribution in [3.8, 4) is 18.4 Å². The minimum absolute atomic E-state index is 0.194. The number of carbonyl (C=O) groups is 1. The van der Waals surface area contributed by atoms with E-state index >= 15 is 0 Å². The molecule has 4 nitrogen and oxygen atoms in total. The molecule has 0 aliphatic carbocycles. The molecule has 0 unspecified atom stereocenters. The highest BCUT2D eigenvalue weighted by atomic mass is 16.5. The smallest absolute Gasteiger partial charge is 0.339 e. The first-order valence-electron chi connectivity index (χ1n) is 10.2. The third-order valence-corrected chi connectivity index (χ3v) is 4.99. The van der Waals surface area contributed by atoms with Crippen LogP contribution in [0.3, 0.4) is 0 Å². The molecule has 4 heteroatoms. The monoisotopic (exact) mass is 382 g/mol. The second-order valence-corrected chi connectivity index (χ2v) is 8.53. The maximum absolute atomic E-state index is 12.0. The molecule has 0 radical (unpaired) electrons. The first-order valence-corrected chi connectivity index (χ1v) is 10.2. The quantitative estimate of drug-likeness (QED) is 0.247. The van der Waals surface area contributed by atoms with Crippen LogP contribution in [-0.4, -0.2) is 13.1 Å². The minimum Gasteiger partial charge on any atom is -0.465 e. The Kier molecular flexibility index (Phi) is 9.60. The number of nitrogens with zero attached hydrogens (tertiary/aromatic N) is 1. The van der Waals surface area contributed by atoms with Crippen LogP contribution in [0.15, 0.2) is 6.07 Å². The summed E-state index contributed by atoms with van der Waals surface area (Å²) in [5.74, 6) is 1.86. The summed E-state index contributed by atoms with van der Waals surface area (Å²) >= 11 is 0. The standard InChI is InChI=1S/C24H34N2O2/c1-6-19-20(23(27)28-5)16-18(22(26)21(19)17-25)14-12-10-8-7-9-11-13-15-24(2,3)4/h1,16H,7-15,26H2,2-5H3. The summed E-state index contributed by atoms with van der Waals surface area (Å²) in [7, 11) is 1.30. The Balaban J connectivity index is 2.56. The van der Waals surface area contributed by atoms with Gasteiger partial charge in [0.25, 0.3) is 0 Å². The van der Waals surface area contributed by atoms with Gasteiger partial charge in [0.15, 0.2) is 0 Å². The summed E-state index contributed by atoms with van der Waals surface area (Å²) in [6.07, 6.45) is 15.9. The number of ether oxygens (including phenoxy) is 1. The molecule has 0 atom stereocenters. The number of anilines is 1. The molecule has 0 aliphatic rings. The largest absolute Gasteiger partial charge is 0.465 e. The number of hydrogen-bond acceptors (Lipinski definition) is 4.